The van der Waals surface area contributed by atoms with E-state index in [0.29, 0.717) is 25.9 Å². The van der Waals surface area contributed by atoms with Crippen LogP contribution in [-0.2, 0) is 14.8 Å². The molecule has 0 aromatic heterocycles. The van der Waals surface area contributed by atoms with Gasteiger partial charge in [0, 0.05) is 6.04 Å². The van der Waals surface area contributed by atoms with Crippen molar-refractivity contribution in [2.75, 3.05) is 19.6 Å². The normalized spacial score (nSPS) is 17.0. The SMILES string of the molecule is NC(=O)CN(C1CCNCC1)S(=O)(=O)c1ccccc1Cl. The van der Waals surface area contributed by atoms with E-state index in [1.165, 1.54) is 16.4 Å². The number of carbonyl (C=O) groups excluding carboxylic acids is 1. The van der Waals surface area contributed by atoms with E-state index in [1.54, 1.807) is 12.1 Å². The second-order valence-corrected chi connectivity index (χ2v) is 7.19. The van der Waals surface area contributed by atoms with Crippen molar-refractivity contribution in [2.45, 2.75) is 23.8 Å². The highest BCUT2D eigenvalue weighted by molar-refractivity contribution is 7.89. The molecule has 0 aliphatic carbocycles. The molecule has 0 unspecified atom stereocenters. The molecule has 1 saturated heterocycles. The van der Waals surface area contributed by atoms with Gasteiger partial charge < -0.3 is 11.1 Å². The van der Waals surface area contributed by atoms with Crippen molar-refractivity contribution < 1.29 is 13.2 Å². The highest BCUT2D eigenvalue weighted by atomic mass is 35.5. The first-order valence-electron chi connectivity index (χ1n) is 6.68. The average Bonchev–Trinajstić information content (AvgIpc) is 2.45. The maximum atomic E-state index is 12.8. The highest BCUT2D eigenvalue weighted by Crippen LogP contribution is 2.27. The Morgan fingerprint density at radius 3 is 2.52 bits per heavy atom. The van der Waals surface area contributed by atoms with Gasteiger partial charge in [0.1, 0.15) is 4.90 Å². The first-order chi connectivity index (χ1) is 9.93. The quantitative estimate of drug-likeness (QED) is 0.825. The van der Waals surface area contributed by atoms with Gasteiger partial charge in [0.2, 0.25) is 15.9 Å². The summed E-state index contributed by atoms with van der Waals surface area (Å²) in [5, 5.41) is 3.30. The van der Waals surface area contributed by atoms with Crippen LogP contribution in [0.1, 0.15) is 12.8 Å². The van der Waals surface area contributed by atoms with Crippen LogP contribution in [0.2, 0.25) is 5.02 Å². The van der Waals surface area contributed by atoms with Crippen LogP contribution >= 0.6 is 11.6 Å². The van der Waals surface area contributed by atoms with Gasteiger partial charge in [-0.15, -0.1) is 0 Å². The number of hydrogen-bond donors (Lipinski definition) is 2. The molecular formula is C13H18ClN3O3S. The minimum absolute atomic E-state index is 0.00597. The predicted molar refractivity (Wildman–Crippen MR) is 80.4 cm³/mol. The zero-order chi connectivity index (χ0) is 15.5. The van der Waals surface area contributed by atoms with Crippen LogP contribution in [0, 0.1) is 0 Å². The molecular weight excluding hydrogens is 314 g/mol. The number of primary amides is 1. The third-order valence-corrected chi connectivity index (χ3v) is 5.85. The lowest BCUT2D eigenvalue weighted by Gasteiger charge is -2.33. The average molecular weight is 332 g/mol. The summed E-state index contributed by atoms with van der Waals surface area (Å²) in [5.74, 6) is -0.677. The summed E-state index contributed by atoms with van der Waals surface area (Å²) in [4.78, 5) is 11.3. The van der Waals surface area contributed by atoms with E-state index in [1.807, 2.05) is 0 Å². The third-order valence-electron chi connectivity index (χ3n) is 3.45. The van der Waals surface area contributed by atoms with Crippen molar-refractivity contribution >= 4 is 27.5 Å². The molecule has 116 valence electrons. The van der Waals surface area contributed by atoms with Gasteiger partial charge in [0.25, 0.3) is 0 Å². The number of rotatable bonds is 5. The van der Waals surface area contributed by atoms with E-state index in [0.717, 1.165) is 0 Å². The molecule has 1 aliphatic heterocycles. The zero-order valence-corrected chi connectivity index (χ0v) is 13.0. The topological polar surface area (TPSA) is 92.5 Å². The van der Waals surface area contributed by atoms with Crippen LogP contribution in [0.5, 0.6) is 0 Å². The molecule has 1 heterocycles. The Hall–Kier alpha value is -1.15. The Balaban J connectivity index is 2.39. The number of piperidine rings is 1. The van der Waals surface area contributed by atoms with Crippen LogP contribution in [0.4, 0.5) is 0 Å². The number of carbonyl (C=O) groups is 1. The molecule has 1 amide bonds. The summed E-state index contributed by atoms with van der Waals surface area (Å²) in [6.45, 7) is 1.08. The molecule has 0 bridgehead atoms. The van der Waals surface area contributed by atoms with Crippen molar-refractivity contribution in [3.8, 4) is 0 Å². The highest BCUT2D eigenvalue weighted by Gasteiger charge is 2.34. The summed E-state index contributed by atoms with van der Waals surface area (Å²) in [7, 11) is -3.85. The van der Waals surface area contributed by atoms with Crippen LogP contribution in [0.15, 0.2) is 29.2 Å². The predicted octanol–water partition coefficient (Wildman–Crippen LogP) is 0.568. The van der Waals surface area contributed by atoms with E-state index in [9.17, 15) is 13.2 Å². The Morgan fingerprint density at radius 2 is 1.95 bits per heavy atom. The van der Waals surface area contributed by atoms with Crippen LogP contribution in [0.25, 0.3) is 0 Å². The number of nitrogens with zero attached hydrogens (tertiary/aromatic N) is 1. The van der Waals surface area contributed by atoms with Gasteiger partial charge in [-0.2, -0.15) is 4.31 Å². The molecule has 0 radical (unpaired) electrons. The Morgan fingerprint density at radius 1 is 1.33 bits per heavy atom. The molecule has 6 nitrogen and oxygen atoms in total. The molecule has 0 atom stereocenters. The van der Waals surface area contributed by atoms with Gasteiger partial charge in [0.15, 0.2) is 0 Å². The number of sulfonamides is 1. The van der Waals surface area contributed by atoms with Crippen molar-refractivity contribution in [3.05, 3.63) is 29.3 Å². The standard InChI is InChI=1S/C13H18ClN3O3S/c14-11-3-1-2-4-12(11)21(19,20)17(9-13(15)18)10-5-7-16-8-6-10/h1-4,10,16H,5-9H2,(H2,15,18). The molecule has 1 aromatic rings. The van der Waals surface area contributed by atoms with Gasteiger partial charge in [0.05, 0.1) is 11.6 Å². The van der Waals surface area contributed by atoms with Gasteiger partial charge >= 0.3 is 0 Å². The number of hydrogen-bond acceptors (Lipinski definition) is 4. The lowest BCUT2D eigenvalue weighted by Crippen LogP contribution is -2.49. The first kappa shape index (κ1) is 16.2. The molecule has 2 rings (SSSR count). The summed E-state index contributed by atoms with van der Waals surface area (Å²) >= 11 is 5.99. The molecule has 3 N–H and O–H groups in total. The van der Waals surface area contributed by atoms with Gasteiger partial charge in [-0.1, -0.05) is 23.7 Å². The van der Waals surface area contributed by atoms with Gasteiger partial charge in [-0.05, 0) is 38.1 Å². The third kappa shape index (κ3) is 3.74. The zero-order valence-electron chi connectivity index (χ0n) is 11.5. The van der Waals surface area contributed by atoms with E-state index < -0.39 is 15.9 Å². The number of nitrogens with two attached hydrogens (primary N) is 1. The van der Waals surface area contributed by atoms with Crippen molar-refractivity contribution in [1.82, 2.24) is 9.62 Å². The molecule has 8 heteroatoms. The van der Waals surface area contributed by atoms with Crippen molar-refractivity contribution in [1.29, 1.82) is 0 Å². The summed E-state index contributed by atoms with van der Waals surface area (Å²) in [6.07, 6.45) is 1.27. The van der Waals surface area contributed by atoms with E-state index in [2.05, 4.69) is 5.32 Å². The molecule has 1 aromatic carbocycles. The first-order valence-corrected chi connectivity index (χ1v) is 8.50. The van der Waals surface area contributed by atoms with E-state index in [-0.39, 0.29) is 22.5 Å². The number of halogens is 1. The lowest BCUT2D eigenvalue weighted by atomic mass is 10.1. The van der Waals surface area contributed by atoms with E-state index in [4.69, 9.17) is 17.3 Å². The number of benzene rings is 1. The molecule has 21 heavy (non-hydrogen) atoms. The molecule has 0 saturated carbocycles. The molecule has 1 fully saturated rings. The monoisotopic (exact) mass is 331 g/mol. The summed E-state index contributed by atoms with van der Waals surface area (Å²) < 4.78 is 26.8. The van der Waals surface area contributed by atoms with Crippen LogP contribution < -0.4 is 11.1 Å². The minimum atomic E-state index is -3.85. The van der Waals surface area contributed by atoms with Crippen molar-refractivity contribution in [2.24, 2.45) is 5.73 Å². The largest absolute Gasteiger partial charge is 0.369 e. The van der Waals surface area contributed by atoms with Crippen LogP contribution in [-0.4, -0.2) is 44.3 Å². The fourth-order valence-electron chi connectivity index (χ4n) is 2.44. The second kappa shape index (κ2) is 6.74. The fraction of sp³-hybridized carbons (Fsp3) is 0.462. The van der Waals surface area contributed by atoms with E-state index >= 15 is 0 Å². The maximum absolute atomic E-state index is 12.8. The smallest absolute Gasteiger partial charge is 0.245 e. The Bertz CT molecular complexity index is 615. The summed E-state index contributed by atoms with van der Waals surface area (Å²) in [5.41, 5.74) is 5.22. The minimum Gasteiger partial charge on any atom is -0.369 e. The number of amides is 1. The fourth-order valence-corrected chi connectivity index (χ4v) is 4.59. The van der Waals surface area contributed by atoms with Crippen molar-refractivity contribution in [3.63, 3.8) is 0 Å². The Labute approximate surface area is 129 Å². The second-order valence-electron chi connectivity index (χ2n) is 4.93. The molecule has 0 spiro atoms. The maximum Gasteiger partial charge on any atom is 0.245 e. The van der Waals surface area contributed by atoms with Gasteiger partial charge in [-0.25, -0.2) is 8.42 Å². The van der Waals surface area contributed by atoms with Crippen LogP contribution in [0.3, 0.4) is 0 Å². The number of nitrogens with one attached hydrogen (secondary N) is 1. The molecule has 1 aliphatic rings. The van der Waals surface area contributed by atoms with Gasteiger partial charge in [-0.3, -0.25) is 4.79 Å². The summed E-state index contributed by atoms with van der Waals surface area (Å²) in [6, 6.07) is 5.96. The lowest BCUT2D eigenvalue weighted by molar-refractivity contribution is -0.118. The Kier molecular flexibility index (Phi) is 5.21.